The zero-order valence-corrected chi connectivity index (χ0v) is 23.8. The molecule has 2 heterocycles. The van der Waals surface area contributed by atoms with Crippen molar-refractivity contribution in [3.8, 4) is 17.2 Å². The van der Waals surface area contributed by atoms with Gasteiger partial charge in [-0.15, -0.1) is 0 Å². The van der Waals surface area contributed by atoms with Crippen LogP contribution in [0.5, 0.6) is 17.2 Å². The summed E-state index contributed by atoms with van der Waals surface area (Å²) in [6, 6.07) is 13.0. The molecule has 218 valence electrons. The van der Waals surface area contributed by atoms with E-state index in [1.54, 1.807) is 38.5 Å². The van der Waals surface area contributed by atoms with E-state index < -0.39 is 6.10 Å². The van der Waals surface area contributed by atoms with Crippen LogP contribution in [0.15, 0.2) is 42.5 Å². The highest BCUT2D eigenvalue weighted by Crippen LogP contribution is 2.36. The Morgan fingerprint density at radius 2 is 1.75 bits per heavy atom. The second-order valence-corrected chi connectivity index (χ2v) is 10.8. The van der Waals surface area contributed by atoms with Gasteiger partial charge in [0.2, 0.25) is 0 Å². The number of carbonyl (C=O) groups excluding carboxylic acids is 2. The van der Waals surface area contributed by atoms with Gasteiger partial charge in [-0.1, -0.05) is 12.5 Å². The van der Waals surface area contributed by atoms with E-state index in [9.17, 15) is 14.7 Å². The number of aliphatic hydroxyl groups is 1. The van der Waals surface area contributed by atoms with Gasteiger partial charge in [-0.05, 0) is 74.2 Å². The minimum atomic E-state index is -0.800. The Balaban J connectivity index is 1.30. The van der Waals surface area contributed by atoms with Crippen molar-refractivity contribution in [2.24, 2.45) is 5.92 Å². The van der Waals surface area contributed by atoms with E-state index in [0.717, 1.165) is 50.0 Å². The number of Topliss-reactive ketones (excluding diaryl/α,β-unsaturated/α-hetero) is 2. The third-order valence-electron chi connectivity index (χ3n) is 7.94. The molecule has 4 rings (SSSR count). The number of hydrogen-bond donors (Lipinski definition) is 1. The predicted molar refractivity (Wildman–Crippen MR) is 152 cm³/mol. The number of benzene rings is 2. The van der Waals surface area contributed by atoms with Crippen LogP contribution in [-0.2, 0) is 9.53 Å². The zero-order valence-electron chi connectivity index (χ0n) is 23.8. The number of rotatable bonds is 16. The lowest BCUT2D eigenvalue weighted by Gasteiger charge is -2.31. The summed E-state index contributed by atoms with van der Waals surface area (Å²) in [6.45, 7) is 3.21. The lowest BCUT2D eigenvalue weighted by Crippen LogP contribution is -2.39. The van der Waals surface area contributed by atoms with Crippen molar-refractivity contribution < 1.29 is 33.6 Å². The molecule has 1 saturated heterocycles. The van der Waals surface area contributed by atoms with E-state index in [1.807, 2.05) is 18.2 Å². The fourth-order valence-electron chi connectivity index (χ4n) is 5.71. The number of methoxy groups -OCH3 is 2. The minimum Gasteiger partial charge on any atom is -0.497 e. The smallest absolute Gasteiger partial charge is 0.162 e. The maximum atomic E-state index is 13.1. The van der Waals surface area contributed by atoms with Gasteiger partial charge in [0.05, 0.1) is 19.8 Å². The Morgan fingerprint density at radius 3 is 2.50 bits per heavy atom. The molecular formula is C32H43NO7. The number of nitrogens with zero attached hydrogens (tertiary/aromatic N) is 1. The Bertz CT molecular complexity index is 1100. The molecule has 0 bridgehead atoms. The molecule has 0 aliphatic carbocycles. The van der Waals surface area contributed by atoms with Gasteiger partial charge in [0.1, 0.15) is 24.7 Å². The van der Waals surface area contributed by atoms with Crippen molar-refractivity contribution >= 4 is 11.6 Å². The van der Waals surface area contributed by atoms with Crippen molar-refractivity contribution in [3.05, 3.63) is 53.6 Å². The van der Waals surface area contributed by atoms with E-state index in [1.165, 1.54) is 0 Å². The highest BCUT2D eigenvalue weighted by molar-refractivity contribution is 5.96. The van der Waals surface area contributed by atoms with Crippen LogP contribution in [0.2, 0.25) is 0 Å². The summed E-state index contributed by atoms with van der Waals surface area (Å²) >= 11 is 0. The first-order valence-electron chi connectivity index (χ1n) is 14.5. The Hall–Kier alpha value is -2.94. The van der Waals surface area contributed by atoms with Gasteiger partial charge in [0.15, 0.2) is 17.3 Å². The first-order valence-corrected chi connectivity index (χ1v) is 14.5. The van der Waals surface area contributed by atoms with Crippen molar-refractivity contribution in [2.45, 2.75) is 63.5 Å². The molecule has 0 spiro atoms. The molecule has 40 heavy (non-hydrogen) atoms. The van der Waals surface area contributed by atoms with Crippen molar-refractivity contribution in [2.75, 3.05) is 47.1 Å². The molecule has 1 fully saturated rings. The number of hydrogen-bond acceptors (Lipinski definition) is 8. The summed E-state index contributed by atoms with van der Waals surface area (Å²) < 4.78 is 21.9. The monoisotopic (exact) mass is 553 g/mol. The number of ketones is 2. The molecule has 2 aromatic carbocycles. The summed E-state index contributed by atoms with van der Waals surface area (Å²) in [4.78, 5) is 27.9. The number of fused-ring (bicyclic) bond motifs is 1. The van der Waals surface area contributed by atoms with E-state index in [2.05, 4.69) is 4.90 Å². The Morgan fingerprint density at radius 1 is 1.00 bits per heavy atom. The Labute approximate surface area is 237 Å². The molecule has 8 nitrogen and oxygen atoms in total. The molecule has 8 heteroatoms. The number of likely N-dealkylation sites (tertiary alicyclic amines) is 1. The second-order valence-electron chi connectivity index (χ2n) is 10.8. The van der Waals surface area contributed by atoms with E-state index in [0.29, 0.717) is 68.7 Å². The summed E-state index contributed by atoms with van der Waals surface area (Å²) in [7, 11) is 3.32. The van der Waals surface area contributed by atoms with E-state index in [4.69, 9.17) is 18.9 Å². The van der Waals surface area contributed by atoms with Gasteiger partial charge in [-0.25, -0.2) is 0 Å². The average molecular weight is 554 g/mol. The molecule has 2 aliphatic rings. The van der Waals surface area contributed by atoms with E-state index >= 15 is 0 Å². The lowest BCUT2D eigenvalue weighted by molar-refractivity contribution is -0.121. The second kappa shape index (κ2) is 15.2. The lowest BCUT2D eigenvalue weighted by atomic mass is 9.89. The molecule has 0 saturated carbocycles. The van der Waals surface area contributed by atoms with Crippen LogP contribution >= 0.6 is 0 Å². The first kappa shape index (κ1) is 30.0. The topological polar surface area (TPSA) is 94.5 Å². The third-order valence-corrected chi connectivity index (χ3v) is 7.94. The zero-order chi connectivity index (χ0) is 28.3. The summed E-state index contributed by atoms with van der Waals surface area (Å²) in [6.07, 6.45) is 4.84. The van der Waals surface area contributed by atoms with Gasteiger partial charge in [-0.2, -0.15) is 0 Å². The van der Waals surface area contributed by atoms with Gasteiger partial charge < -0.3 is 24.1 Å². The standard InChI is InChI=1S/C32H43NO7/c1-37-22-26-7-6-16-33(26)21-25(32(36)24-12-15-30-31(20-24)40-18-17-39-30)19-27(34)8-4-3-5-9-29(35)23-10-13-28(38-2)14-11-23/h10-15,20,25-26,32,36H,3-9,16-19,21-22H2,1-2H3/t25?,26-,32-/m0/s1. The minimum absolute atomic E-state index is 0.104. The SMILES string of the molecule is COC[C@@H]1CCCN1CC(CC(=O)CCCCCC(=O)c1ccc(OC)cc1)[C@@H](O)c1ccc2c(c1)OCCO2. The maximum Gasteiger partial charge on any atom is 0.162 e. The molecular weight excluding hydrogens is 510 g/mol. The molecule has 0 radical (unpaired) electrons. The average Bonchev–Trinajstić information content (AvgIpc) is 3.42. The van der Waals surface area contributed by atoms with Crippen molar-refractivity contribution in [1.82, 2.24) is 4.90 Å². The summed E-state index contributed by atoms with van der Waals surface area (Å²) in [5, 5.41) is 11.5. The van der Waals surface area contributed by atoms with Crippen LogP contribution in [0.4, 0.5) is 0 Å². The van der Waals surface area contributed by atoms with Crippen LogP contribution in [0.1, 0.15) is 73.4 Å². The molecule has 2 aliphatic heterocycles. The van der Waals surface area contributed by atoms with Gasteiger partial charge in [-0.3, -0.25) is 14.5 Å². The van der Waals surface area contributed by atoms with Crippen LogP contribution in [0.3, 0.4) is 0 Å². The van der Waals surface area contributed by atoms with E-state index in [-0.39, 0.29) is 17.5 Å². The van der Waals surface area contributed by atoms with Crippen molar-refractivity contribution in [3.63, 3.8) is 0 Å². The van der Waals surface area contributed by atoms with Crippen molar-refractivity contribution in [1.29, 1.82) is 0 Å². The first-order chi connectivity index (χ1) is 19.5. The number of carbonyl (C=O) groups is 2. The molecule has 0 amide bonds. The van der Waals surface area contributed by atoms with Gasteiger partial charge in [0.25, 0.3) is 0 Å². The third kappa shape index (κ3) is 8.29. The molecule has 3 atom stereocenters. The summed E-state index contributed by atoms with van der Waals surface area (Å²) in [5.74, 6) is 2.05. The molecule has 1 unspecified atom stereocenters. The van der Waals surface area contributed by atoms with Crippen LogP contribution in [0, 0.1) is 5.92 Å². The predicted octanol–water partition coefficient (Wildman–Crippen LogP) is 5.02. The molecule has 1 N–H and O–H groups in total. The molecule has 0 aromatic heterocycles. The van der Waals surface area contributed by atoms with Crippen LogP contribution in [-0.4, -0.2) is 74.7 Å². The quantitative estimate of drug-likeness (QED) is 0.229. The van der Waals surface area contributed by atoms with Gasteiger partial charge >= 0.3 is 0 Å². The number of aliphatic hydroxyl groups excluding tert-OH is 1. The van der Waals surface area contributed by atoms with Crippen LogP contribution < -0.4 is 14.2 Å². The highest BCUT2D eigenvalue weighted by Gasteiger charge is 2.32. The highest BCUT2D eigenvalue weighted by atomic mass is 16.6. The summed E-state index contributed by atoms with van der Waals surface area (Å²) in [5.41, 5.74) is 1.42. The van der Waals surface area contributed by atoms with Crippen LogP contribution in [0.25, 0.3) is 0 Å². The maximum absolute atomic E-state index is 13.1. The number of unbranched alkanes of at least 4 members (excludes halogenated alkanes) is 2. The largest absolute Gasteiger partial charge is 0.497 e. The normalized spacial score (nSPS) is 18.3. The fourth-order valence-corrected chi connectivity index (χ4v) is 5.71. The Kier molecular flexibility index (Phi) is 11.4. The molecule has 2 aromatic rings. The fraction of sp³-hybridized carbons (Fsp3) is 0.562. The number of ether oxygens (including phenoxy) is 4. The van der Waals surface area contributed by atoms with Gasteiger partial charge in [0, 0.05) is 50.4 Å².